The summed E-state index contributed by atoms with van der Waals surface area (Å²) in [6.07, 6.45) is 3.93. The lowest BCUT2D eigenvalue weighted by molar-refractivity contribution is -0.137. The van der Waals surface area contributed by atoms with E-state index in [9.17, 15) is 18.0 Å². The van der Waals surface area contributed by atoms with Gasteiger partial charge in [-0.2, -0.15) is 17.7 Å². The second-order valence-electron chi connectivity index (χ2n) is 6.48. The number of benzene rings is 1. The van der Waals surface area contributed by atoms with Crippen LogP contribution in [0.3, 0.4) is 0 Å². The number of hydrogen-bond donors (Lipinski definition) is 0. The molecule has 0 bridgehead atoms. The van der Waals surface area contributed by atoms with Crippen molar-refractivity contribution < 1.29 is 13.2 Å². The fraction of sp³-hybridized carbons (Fsp3) is 0.0952. The van der Waals surface area contributed by atoms with E-state index < -0.39 is 17.3 Å². The molecular formula is C21H15F3N4O. The number of aromatic nitrogens is 4. The molecule has 0 saturated carbocycles. The molecule has 4 rings (SSSR count). The SMILES string of the molecule is Cc1cn(-c2cccc(C(F)(F)F)c2)n2c(=O)cc(/C=C/c3cccnc3)nc12. The van der Waals surface area contributed by atoms with Crippen LogP contribution in [-0.4, -0.2) is 19.2 Å². The lowest BCUT2D eigenvalue weighted by atomic mass is 10.2. The Morgan fingerprint density at radius 3 is 2.62 bits per heavy atom. The van der Waals surface area contributed by atoms with Gasteiger partial charge in [0.1, 0.15) is 0 Å². The number of pyridine rings is 1. The summed E-state index contributed by atoms with van der Waals surface area (Å²) < 4.78 is 41.8. The first-order valence-corrected chi connectivity index (χ1v) is 8.71. The molecule has 0 aliphatic rings. The van der Waals surface area contributed by atoms with Gasteiger partial charge in [0.2, 0.25) is 0 Å². The zero-order valence-electron chi connectivity index (χ0n) is 15.3. The first-order valence-electron chi connectivity index (χ1n) is 8.71. The van der Waals surface area contributed by atoms with Crippen molar-refractivity contribution in [3.8, 4) is 5.69 Å². The van der Waals surface area contributed by atoms with E-state index in [1.807, 2.05) is 6.07 Å². The number of halogens is 3. The molecule has 8 heteroatoms. The summed E-state index contributed by atoms with van der Waals surface area (Å²) in [5.74, 6) is 0. The van der Waals surface area contributed by atoms with Crippen LogP contribution in [0.4, 0.5) is 13.2 Å². The number of aryl methyl sites for hydroxylation is 1. The Labute approximate surface area is 163 Å². The maximum Gasteiger partial charge on any atom is 0.416 e. The van der Waals surface area contributed by atoms with E-state index in [0.717, 1.165) is 17.7 Å². The van der Waals surface area contributed by atoms with Crippen molar-refractivity contribution in [2.45, 2.75) is 13.1 Å². The van der Waals surface area contributed by atoms with Crippen LogP contribution in [0.1, 0.15) is 22.4 Å². The molecule has 0 saturated heterocycles. The van der Waals surface area contributed by atoms with Crippen molar-refractivity contribution in [2.24, 2.45) is 0 Å². The van der Waals surface area contributed by atoms with Gasteiger partial charge in [0.15, 0.2) is 5.65 Å². The third kappa shape index (κ3) is 3.69. The average molecular weight is 396 g/mol. The molecule has 3 aromatic heterocycles. The highest BCUT2D eigenvalue weighted by Crippen LogP contribution is 2.30. The van der Waals surface area contributed by atoms with Crippen molar-refractivity contribution in [2.75, 3.05) is 0 Å². The van der Waals surface area contributed by atoms with Crippen LogP contribution in [0.25, 0.3) is 23.5 Å². The minimum Gasteiger partial charge on any atom is -0.267 e. The second-order valence-corrected chi connectivity index (χ2v) is 6.48. The molecule has 0 unspecified atom stereocenters. The Hall–Kier alpha value is -3.68. The maximum atomic E-state index is 13.1. The lowest BCUT2D eigenvalue weighted by Crippen LogP contribution is -2.20. The molecule has 0 aliphatic heterocycles. The van der Waals surface area contributed by atoms with Gasteiger partial charge in [-0.25, -0.2) is 4.98 Å². The van der Waals surface area contributed by atoms with Crippen molar-refractivity contribution in [3.63, 3.8) is 0 Å². The molecule has 0 fully saturated rings. The van der Waals surface area contributed by atoms with Crippen LogP contribution in [0.2, 0.25) is 0 Å². The van der Waals surface area contributed by atoms with Gasteiger partial charge in [-0.1, -0.05) is 18.2 Å². The predicted octanol–water partition coefficient (Wildman–Crippen LogP) is 4.38. The van der Waals surface area contributed by atoms with E-state index in [4.69, 9.17) is 0 Å². The molecule has 1 aromatic carbocycles. The van der Waals surface area contributed by atoms with Crippen molar-refractivity contribution in [1.29, 1.82) is 0 Å². The van der Waals surface area contributed by atoms with Gasteiger partial charge in [0.05, 0.1) is 16.9 Å². The molecule has 0 aliphatic carbocycles. The molecular weight excluding hydrogens is 381 g/mol. The van der Waals surface area contributed by atoms with E-state index in [2.05, 4.69) is 9.97 Å². The second kappa shape index (κ2) is 7.05. The molecule has 0 amide bonds. The summed E-state index contributed by atoms with van der Waals surface area (Å²) in [6, 6.07) is 9.81. The molecule has 0 radical (unpaired) electrons. The van der Waals surface area contributed by atoms with Crippen molar-refractivity contribution in [1.82, 2.24) is 19.2 Å². The third-order valence-corrected chi connectivity index (χ3v) is 4.37. The zero-order chi connectivity index (χ0) is 20.6. The Kier molecular flexibility index (Phi) is 4.54. The number of fused-ring (bicyclic) bond motifs is 1. The van der Waals surface area contributed by atoms with E-state index in [-0.39, 0.29) is 5.69 Å². The van der Waals surface area contributed by atoms with Crippen LogP contribution in [-0.2, 0) is 6.18 Å². The van der Waals surface area contributed by atoms with E-state index in [1.165, 1.54) is 27.4 Å². The largest absolute Gasteiger partial charge is 0.416 e. The van der Waals surface area contributed by atoms with Crippen LogP contribution in [0, 0.1) is 6.92 Å². The lowest BCUT2D eigenvalue weighted by Gasteiger charge is -2.10. The molecule has 146 valence electrons. The molecule has 0 atom stereocenters. The van der Waals surface area contributed by atoms with Crippen molar-refractivity contribution in [3.05, 3.63) is 93.8 Å². The van der Waals surface area contributed by atoms with Crippen molar-refractivity contribution >= 4 is 17.8 Å². The highest BCUT2D eigenvalue weighted by molar-refractivity contribution is 5.68. The summed E-state index contributed by atoms with van der Waals surface area (Å²) in [5.41, 5.74) is 1.38. The first kappa shape index (κ1) is 18.7. The minimum atomic E-state index is -4.47. The molecule has 0 N–H and O–H groups in total. The highest BCUT2D eigenvalue weighted by atomic mass is 19.4. The molecule has 5 nitrogen and oxygen atoms in total. The number of rotatable bonds is 3. The number of nitrogens with zero attached hydrogens (tertiary/aromatic N) is 4. The van der Waals surface area contributed by atoms with Gasteiger partial charge in [-0.3, -0.25) is 14.5 Å². The summed E-state index contributed by atoms with van der Waals surface area (Å²) in [5, 5.41) is 0. The third-order valence-electron chi connectivity index (χ3n) is 4.37. The van der Waals surface area contributed by atoms with Gasteiger partial charge in [0.25, 0.3) is 5.56 Å². The predicted molar refractivity (Wildman–Crippen MR) is 104 cm³/mol. The van der Waals surface area contributed by atoms with Crippen LogP contribution in [0.5, 0.6) is 0 Å². The topological polar surface area (TPSA) is 52.2 Å². The van der Waals surface area contributed by atoms with Gasteiger partial charge in [-0.05, 0) is 42.8 Å². The monoisotopic (exact) mass is 396 g/mol. The molecule has 0 spiro atoms. The average Bonchev–Trinajstić information content (AvgIpc) is 3.04. The Morgan fingerprint density at radius 1 is 1.07 bits per heavy atom. The van der Waals surface area contributed by atoms with Gasteiger partial charge in [-0.15, -0.1) is 0 Å². The molecule has 3 heterocycles. The quantitative estimate of drug-likeness (QED) is 0.517. The normalized spacial score (nSPS) is 12.1. The fourth-order valence-corrected chi connectivity index (χ4v) is 3.01. The summed E-state index contributed by atoms with van der Waals surface area (Å²) in [6.45, 7) is 1.75. The fourth-order valence-electron chi connectivity index (χ4n) is 3.01. The van der Waals surface area contributed by atoms with Gasteiger partial charge < -0.3 is 0 Å². The van der Waals surface area contributed by atoms with Crippen LogP contribution >= 0.6 is 0 Å². The smallest absolute Gasteiger partial charge is 0.267 e. The minimum absolute atomic E-state index is 0.223. The van der Waals surface area contributed by atoms with Gasteiger partial charge in [0, 0.05) is 30.2 Å². The van der Waals surface area contributed by atoms with E-state index in [1.54, 1.807) is 43.7 Å². The number of hydrogen-bond acceptors (Lipinski definition) is 3. The zero-order valence-corrected chi connectivity index (χ0v) is 15.3. The first-order chi connectivity index (χ1) is 13.8. The van der Waals surface area contributed by atoms with E-state index >= 15 is 0 Å². The summed E-state index contributed by atoms with van der Waals surface area (Å²) >= 11 is 0. The Bertz CT molecular complexity index is 1270. The summed E-state index contributed by atoms with van der Waals surface area (Å²) in [7, 11) is 0. The maximum absolute atomic E-state index is 13.1. The van der Waals surface area contributed by atoms with Crippen LogP contribution in [0.15, 0.2) is 65.8 Å². The molecule has 29 heavy (non-hydrogen) atoms. The Balaban J connectivity index is 1.81. The van der Waals surface area contributed by atoms with Gasteiger partial charge >= 0.3 is 6.18 Å². The summed E-state index contributed by atoms with van der Waals surface area (Å²) in [4.78, 5) is 21.2. The van der Waals surface area contributed by atoms with Crippen LogP contribution < -0.4 is 5.56 Å². The molecule has 4 aromatic rings. The Morgan fingerprint density at radius 2 is 1.90 bits per heavy atom. The standard InChI is InChI=1S/C21H15F3N4O/c1-14-13-27(18-6-2-5-16(10-18)21(22,23)24)28-19(29)11-17(26-20(14)28)8-7-15-4-3-9-25-12-15/h2-13H,1H3/b8-7+. The van der Waals surface area contributed by atoms with E-state index in [0.29, 0.717) is 16.9 Å². The highest BCUT2D eigenvalue weighted by Gasteiger charge is 2.30. The number of alkyl halides is 3.